The van der Waals surface area contributed by atoms with Gasteiger partial charge in [-0.25, -0.2) is 4.79 Å². The summed E-state index contributed by atoms with van der Waals surface area (Å²) < 4.78 is 4.99. The Morgan fingerprint density at radius 1 is 1.00 bits per heavy atom. The second-order valence-corrected chi connectivity index (χ2v) is 6.51. The first-order chi connectivity index (χ1) is 12.5. The first-order valence-corrected chi connectivity index (χ1v) is 9.24. The average Bonchev–Trinajstić information content (AvgIpc) is 2.62. The van der Waals surface area contributed by atoms with Crippen molar-refractivity contribution in [2.75, 3.05) is 11.5 Å². The smallest absolute Gasteiger partial charge is 0.338 e. The van der Waals surface area contributed by atoms with Crippen LogP contribution in [0.1, 0.15) is 42.6 Å². The maximum absolute atomic E-state index is 12.6. The zero-order chi connectivity index (χ0) is 19.1. The molecule has 26 heavy (non-hydrogen) atoms. The lowest BCUT2D eigenvalue weighted by molar-refractivity contribution is -0.118. The van der Waals surface area contributed by atoms with E-state index in [1.54, 1.807) is 54.3 Å². The summed E-state index contributed by atoms with van der Waals surface area (Å²) >= 11 is 12.5. The van der Waals surface area contributed by atoms with E-state index in [9.17, 15) is 9.59 Å². The van der Waals surface area contributed by atoms with Gasteiger partial charge in [-0.1, -0.05) is 36.2 Å². The molecular formula is C20H21Cl2NO3. The highest BCUT2D eigenvalue weighted by atomic mass is 35.5. The highest BCUT2D eigenvalue weighted by Crippen LogP contribution is 2.28. The van der Waals surface area contributed by atoms with Gasteiger partial charge in [0.1, 0.15) is 0 Å². The summed E-state index contributed by atoms with van der Waals surface area (Å²) in [6, 6.07) is 12.0. The predicted molar refractivity (Wildman–Crippen MR) is 105 cm³/mol. The van der Waals surface area contributed by atoms with Crippen LogP contribution in [-0.2, 0) is 16.1 Å². The van der Waals surface area contributed by atoms with Crippen LogP contribution in [0.15, 0.2) is 42.5 Å². The quantitative estimate of drug-likeness (QED) is 0.583. The Labute approximate surface area is 163 Å². The Hall–Kier alpha value is -2.04. The number of anilines is 1. The predicted octanol–water partition coefficient (Wildman–Crippen LogP) is 5.50. The number of carbonyl (C=O) groups is 2. The highest BCUT2D eigenvalue weighted by Gasteiger charge is 2.19. The number of amides is 1. The standard InChI is InChI=1S/C20H21Cl2NO3/c1-3-6-19(24)23(13-16-17(21)7-5-8-18(16)22)15-11-9-14(10-12-15)20(25)26-4-2/h5,7-12H,3-4,6,13H2,1-2H3. The molecule has 0 fully saturated rings. The number of esters is 1. The number of nitrogens with zero attached hydrogens (tertiary/aromatic N) is 1. The fourth-order valence-electron chi connectivity index (χ4n) is 2.51. The van der Waals surface area contributed by atoms with Crippen LogP contribution in [0.4, 0.5) is 5.69 Å². The molecule has 0 heterocycles. The molecule has 0 saturated heterocycles. The first kappa shape index (κ1) is 20.3. The first-order valence-electron chi connectivity index (χ1n) is 8.48. The molecule has 0 radical (unpaired) electrons. The van der Waals surface area contributed by atoms with Gasteiger partial charge in [0.05, 0.1) is 18.7 Å². The SMILES string of the molecule is CCCC(=O)N(Cc1c(Cl)cccc1Cl)c1ccc(C(=O)OCC)cc1. The normalized spacial score (nSPS) is 10.5. The van der Waals surface area contributed by atoms with E-state index in [1.807, 2.05) is 6.92 Å². The van der Waals surface area contributed by atoms with E-state index in [-0.39, 0.29) is 18.4 Å². The third kappa shape index (κ3) is 4.99. The molecule has 0 atom stereocenters. The van der Waals surface area contributed by atoms with Crippen molar-refractivity contribution in [2.45, 2.75) is 33.2 Å². The summed E-state index contributed by atoms with van der Waals surface area (Å²) in [6.07, 6.45) is 1.13. The molecule has 2 aromatic carbocycles. The average molecular weight is 394 g/mol. The molecular weight excluding hydrogens is 373 g/mol. The third-order valence-corrected chi connectivity index (χ3v) is 4.54. The number of hydrogen-bond acceptors (Lipinski definition) is 3. The molecule has 138 valence electrons. The number of carbonyl (C=O) groups excluding carboxylic acids is 2. The van der Waals surface area contributed by atoms with Gasteiger partial charge in [-0.15, -0.1) is 0 Å². The summed E-state index contributed by atoms with van der Waals surface area (Å²) in [5.74, 6) is -0.424. The minimum Gasteiger partial charge on any atom is -0.462 e. The van der Waals surface area contributed by atoms with Crippen LogP contribution < -0.4 is 4.90 Å². The summed E-state index contributed by atoms with van der Waals surface area (Å²) in [5, 5.41) is 1.02. The van der Waals surface area contributed by atoms with Crippen LogP contribution in [0.2, 0.25) is 10.0 Å². The van der Waals surface area contributed by atoms with Crippen LogP contribution >= 0.6 is 23.2 Å². The summed E-state index contributed by atoms with van der Waals surface area (Å²) in [7, 11) is 0. The van der Waals surface area contributed by atoms with Crippen molar-refractivity contribution in [1.29, 1.82) is 0 Å². The maximum Gasteiger partial charge on any atom is 0.338 e. The number of hydrogen-bond donors (Lipinski definition) is 0. The van der Waals surface area contributed by atoms with Crippen LogP contribution in [-0.4, -0.2) is 18.5 Å². The largest absolute Gasteiger partial charge is 0.462 e. The molecule has 0 spiro atoms. The molecule has 6 heteroatoms. The van der Waals surface area contributed by atoms with Crippen LogP contribution in [0.5, 0.6) is 0 Å². The topological polar surface area (TPSA) is 46.6 Å². The number of benzene rings is 2. The van der Waals surface area contributed by atoms with E-state index in [4.69, 9.17) is 27.9 Å². The Kier molecular flexibility index (Phi) is 7.49. The summed E-state index contributed by atoms with van der Waals surface area (Å²) in [4.78, 5) is 26.1. The second-order valence-electron chi connectivity index (χ2n) is 5.70. The lowest BCUT2D eigenvalue weighted by atomic mass is 10.1. The number of halogens is 2. The van der Waals surface area contributed by atoms with Crippen molar-refractivity contribution in [2.24, 2.45) is 0 Å². The van der Waals surface area contributed by atoms with Gasteiger partial charge in [-0.2, -0.15) is 0 Å². The van der Waals surface area contributed by atoms with Gasteiger partial charge in [0.25, 0.3) is 0 Å². The lowest BCUT2D eigenvalue weighted by Gasteiger charge is -2.24. The molecule has 0 aromatic heterocycles. The second kappa shape index (κ2) is 9.60. The van der Waals surface area contributed by atoms with Gasteiger partial charge in [-0.3, -0.25) is 4.79 Å². The van der Waals surface area contributed by atoms with Gasteiger partial charge in [0.15, 0.2) is 0 Å². The molecule has 0 aliphatic rings. The monoisotopic (exact) mass is 393 g/mol. The highest BCUT2D eigenvalue weighted by molar-refractivity contribution is 6.36. The maximum atomic E-state index is 12.6. The van der Waals surface area contributed by atoms with Crippen LogP contribution in [0.3, 0.4) is 0 Å². The van der Waals surface area contributed by atoms with Gasteiger partial charge in [-0.05, 0) is 49.7 Å². The Balaban J connectivity index is 2.33. The minimum atomic E-state index is -0.389. The van der Waals surface area contributed by atoms with Crippen LogP contribution in [0, 0.1) is 0 Å². The molecule has 0 bridgehead atoms. The van der Waals surface area contributed by atoms with E-state index in [0.29, 0.717) is 39.9 Å². The number of ether oxygens (including phenoxy) is 1. The molecule has 1 amide bonds. The van der Waals surface area contributed by atoms with E-state index in [0.717, 1.165) is 6.42 Å². The fraction of sp³-hybridized carbons (Fsp3) is 0.300. The van der Waals surface area contributed by atoms with Gasteiger partial charge in [0, 0.05) is 27.7 Å². The van der Waals surface area contributed by atoms with E-state index in [2.05, 4.69) is 0 Å². The van der Waals surface area contributed by atoms with Crippen molar-refractivity contribution < 1.29 is 14.3 Å². The van der Waals surface area contributed by atoms with Crippen molar-refractivity contribution in [3.8, 4) is 0 Å². The zero-order valence-corrected chi connectivity index (χ0v) is 16.3. The lowest BCUT2D eigenvalue weighted by Crippen LogP contribution is -2.30. The molecule has 2 rings (SSSR count). The Morgan fingerprint density at radius 3 is 2.15 bits per heavy atom. The van der Waals surface area contributed by atoms with Crippen molar-refractivity contribution in [1.82, 2.24) is 0 Å². The van der Waals surface area contributed by atoms with E-state index in [1.165, 1.54) is 0 Å². The molecule has 0 saturated carbocycles. The summed E-state index contributed by atoms with van der Waals surface area (Å²) in [6.45, 7) is 4.27. The van der Waals surface area contributed by atoms with E-state index < -0.39 is 0 Å². The van der Waals surface area contributed by atoms with Gasteiger partial charge in [0.2, 0.25) is 5.91 Å². The zero-order valence-electron chi connectivity index (χ0n) is 14.8. The third-order valence-electron chi connectivity index (χ3n) is 3.83. The molecule has 4 nitrogen and oxygen atoms in total. The fourth-order valence-corrected chi connectivity index (χ4v) is 3.02. The Bertz CT molecular complexity index is 755. The van der Waals surface area contributed by atoms with Crippen molar-refractivity contribution >= 4 is 40.8 Å². The Morgan fingerprint density at radius 2 is 1.62 bits per heavy atom. The van der Waals surface area contributed by atoms with Crippen molar-refractivity contribution in [3.05, 3.63) is 63.6 Å². The molecule has 0 aliphatic carbocycles. The van der Waals surface area contributed by atoms with Gasteiger partial charge >= 0.3 is 5.97 Å². The van der Waals surface area contributed by atoms with Crippen LogP contribution in [0.25, 0.3) is 0 Å². The molecule has 0 N–H and O–H groups in total. The van der Waals surface area contributed by atoms with Gasteiger partial charge < -0.3 is 9.64 Å². The van der Waals surface area contributed by atoms with Crippen molar-refractivity contribution in [3.63, 3.8) is 0 Å². The molecule has 2 aromatic rings. The minimum absolute atomic E-state index is 0.0348. The molecule has 0 aliphatic heterocycles. The van der Waals surface area contributed by atoms with E-state index >= 15 is 0 Å². The summed E-state index contributed by atoms with van der Waals surface area (Å²) in [5.41, 5.74) is 1.80. The number of rotatable bonds is 7. The molecule has 0 unspecified atom stereocenters.